The van der Waals surface area contributed by atoms with Gasteiger partial charge in [-0.05, 0) is 24.6 Å². The van der Waals surface area contributed by atoms with Crippen molar-refractivity contribution in [2.45, 2.75) is 13.3 Å². The second-order valence-corrected chi connectivity index (χ2v) is 4.98. The van der Waals surface area contributed by atoms with Gasteiger partial charge >= 0.3 is 0 Å². The summed E-state index contributed by atoms with van der Waals surface area (Å²) in [6.45, 7) is 2.54. The summed E-state index contributed by atoms with van der Waals surface area (Å²) in [4.78, 5) is 11.0. The third kappa shape index (κ3) is 4.06. The van der Waals surface area contributed by atoms with E-state index in [4.69, 9.17) is 4.74 Å². The number of carbonyl (C=O) groups is 1. The lowest BCUT2D eigenvalue weighted by molar-refractivity contribution is -0.116. The third-order valence-electron chi connectivity index (χ3n) is 2.37. The van der Waals surface area contributed by atoms with Crippen molar-refractivity contribution in [3.05, 3.63) is 29.6 Å². The molecule has 1 saturated heterocycles. The Morgan fingerprint density at radius 2 is 2.40 bits per heavy atom. The van der Waals surface area contributed by atoms with Crippen LogP contribution in [0.25, 0.3) is 0 Å². The van der Waals surface area contributed by atoms with E-state index in [9.17, 15) is 9.18 Å². The Kier molecular flexibility index (Phi) is 5.11. The van der Waals surface area contributed by atoms with Crippen molar-refractivity contribution >= 4 is 29.1 Å². The highest BCUT2D eigenvalue weighted by molar-refractivity contribution is 8.15. The third-order valence-corrected chi connectivity index (χ3v) is 3.23. The fourth-order valence-electron chi connectivity index (χ4n) is 1.49. The van der Waals surface area contributed by atoms with E-state index in [-0.39, 0.29) is 11.7 Å². The van der Waals surface area contributed by atoms with Crippen LogP contribution in [0, 0.1) is 5.82 Å². The molecule has 106 valence electrons. The molecule has 1 amide bonds. The Bertz CT molecular complexity index is 561. The quantitative estimate of drug-likeness (QED) is 0.669. The van der Waals surface area contributed by atoms with Crippen LogP contribution in [0.1, 0.15) is 18.9 Å². The fourth-order valence-corrected chi connectivity index (χ4v) is 2.12. The predicted octanol–water partition coefficient (Wildman–Crippen LogP) is 2.17. The van der Waals surface area contributed by atoms with Gasteiger partial charge in [-0.15, -0.1) is 5.10 Å². The number of halogens is 1. The van der Waals surface area contributed by atoms with Gasteiger partial charge in [0.1, 0.15) is 11.6 Å². The van der Waals surface area contributed by atoms with Gasteiger partial charge in [0, 0.05) is 5.56 Å². The first-order valence-electron chi connectivity index (χ1n) is 6.15. The van der Waals surface area contributed by atoms with Crippen molar-refractivity contribution in [2.75, 3.05) is 12.4 Å². The maximum Gasteiger partial charge on any atom is 0.236 e. The largest absolute Gasteiger partial charge is 0.493 e. The first kappa shape index (κ1) is 14.5. The summed E-state index contributed by atoms with van der Waals surface area (Å²) >= 11 is 1.28. The molecule has 0 spiro atoms. The minimum atomic E-state index is -0.369. The van der Waals surface area contributed by atoms with Crippen molar-refractivity contribution < 1.29 is 13.9 Å². The minimum Gasteiger partial charge on any atom is -0.493 e. The Morgan fingerprint density at radius 3 is 3.10 bits per heavy atom. The minimum absolute atomic E-state index is 0.0957. The zero-order chi connectivity index (χ0) is 14.4. The summed E-state index contributed by atoms with van der Waals surface area (Å²) in [5.41, 5.74) is 0.511. The second kappa shape index (κ2) is 7.04. The molecule has 2 rings (SSSR count). The first-order chi connectivity index (χ1) is 9.69. The number of carbonyl (C=O) groups excluding carboxylic acids is 1. The van der Waals surface area contributed by atoms with E-state index in [2.05, 4.69) is 15.5 Å². The summed E-state index contributed by atoms with van der Waals surface area (Å²) in [5.74, 6) is 0.438. The van der Waals surface area contributed by atoms with Gasteiger partial charge in [0.25, 0.3) is 0 Å². The Hall–Kier alpha value is -1.89. The van der Waals surface area contributed by atoms with E-state index in [0.717, 1.165) is 6.42 Å². The van der Waals surface area contributed by atoms with Gasteiger partial charge < -0.3 is 10.1 Å². The average molecular weight is 295 g/mol. The van der Waals surface area contributed by atoms with Gasteiger partial charge in [-0.2, -0.15) is 5.10 Å². The SMILES string of the molecule is CCCOc1ccc(F)cc1C=NN=C1NC(=O)CS1. The molecule has 0 aromatic heterocycles. The normalized spacial score (nSPS) is 16.9. The Labute approximate surface area is 120 Å². The maximum atomic E-state index is 13.2. The molecule has 7 heteroatoms. The van der Waals surface area contributed by atoms with Crippen LogP contribution < -0.4 is 10.1 Å². The molecule has 0 radical (unpaired) electrons. The van der Waals surface area contributed by atoms with E-state index >= 15 is 0 Å². The van der Waals surface area contributed by atoms with Crippen molar-refractivity contribution in [2.24, 2.45) is 10.2 Å². The maximum absolute atomic E-state index is 13.2. The molecule has 0 atom stereocenters. The number of amidine groups is 1. The van der Waals surface area contributed by atoms with Gasteiger partial charge in [-0.3, -0.25) is 4.79 Å². The molecule has 0 unspecified atom stereocenters. The number of ether oxygens (including phenoxy) is 1. The zero-order valence-electron chi connectivity index (χ0n) is 10.9. The van der Waals surface area contributed by atoms with Crippen molar-refractivity contribution in [3.8, 4) is 5.75 Å². The smallest absolute Gasteiger partial charge is 0.236 e. The van der Waals surface area contributed by atoms with Crippen LogP contribution in [0.3, 0.4) is 0 Å². The van der Waals surface area contributed by atoms with Crippen LogP contribution in [0.15, 0.2) is 28.4 Å². The number of nitrogens with zero attached hydrogens (tertiary/aromatic N) is 2. The van der Waals surface area contributed by atoms with E-state index in [1.54, 1.807) is 6.07 Å². The molecule has 0 saturated carbocycles. The second-order valence-electron chi connectivity index (χ2n) is 4.02. The van der Waals surface area contributed by atoms with Crippen LogP contribution in [-0.2, 0) is 4.79 Å². The van der Waals surface area contributed by atoms with Gasteiger partial charge in [-0.25, -0.2) is 4.39 Å². The van der Waals surface area contributed by atoms with Crippen LogP contribution in [-0.4, -0.2) is 29.6 Å². The highest BCUT2D eigenvalue weighted by atomic mass is 32.2. The Morgan fingerprint density at radius 1 is 1.55 bits per heavy atom. The average Bonchev–Trinajstić information content (AvgIpc) is 2.84. The van der Waals surface area contributed by atoms with E-state index in [1.807, 2.05) is 6.92 Å². The van der Waals surface area contributed by atoms with Crippen LogP contribution >= 0.6 is 11.8 Å². The number of hydrogen-bond acceptors (Lipinski definition) is 5. The van der Waals surface area contributed by atoms with Gasteiger partial charge in [0.05, 0.1) is 18.6 Å². The molecule has 1 N–H and O–H groups in total. The molecule has 20 heavy (non-hydrogen) atoms. The summed E-state index contributed by atoms with van der Waals surface area (Å²) in [6.07, 6.45) is 2.27. The topological polar surface area (TPSA) is 63.1 Å². The lowest BCUT2D eigenvalue weighted by atomic mass is 10.2. The number of nitrogens with one attached hydrogen (secondary N) is 1. The molecule has 5 nitrogen and oxygen atoms in total. The molecule has 1 aliphatic rings. The molecule has 1 aliphatic heterocycles. The highest BCUT2D eigenvalue weighted by Gasteiger charge is 2.15. The molecule has 1 aromatic rings. The molecule has 0 aliphatic carbocycles. The lowest BCUT2D eigenvalue weighted by Gasteiger charge is -2.07. The summed E-state index contributed by atoms with van der Waals surface area (Å²) in [7, 11) is 0. The summed E-state index contributed by atoms with van der Waals surface area (Å²) < 4.78 is 18.7. The number of benzene rings is 1. The van der Waals surface area contributed by atoms with E-state index in [0.29, 0.717) is 28.8 Å². The predicted molar refractivity (Wildman–Crippen MR) is 77.8 cm³/mol. The molecule has 1 aromatic carbocycles. The number of thioether (sulfide) groups is 1. The van der Waals surface area contributed by atoms with Crippen LogP contribution in [0.5, 0.6) is 5.75 Å². The number of rotatable bonds is 5. The van der Waals surface area contributed by atoms with Gasteiger partial charge in [0.15, 0.2) is 5.17 Å². The van der Waals surface area contributed by atoms with Crippen molar-refractivity contribution in [3.63, 3.8) is 0 Å². The van der Waals surface area contributed by atoms with E-state index in [1.165, 1.54) is 30.1 Å². The molecule has 1 fully saturated rings. The Balaban J connectivity index is 2.10. The molecular formula is C13H14FN3O2S. The van der Waals surface area contributed by atoms with E-state index < -0.39 is 0 Å². The number of hydrogen-bond donors (Lipinski definition) is 1. The monoisotopic (exact) mass is 295 g/mol. The zero-order valence-corrected chi connectivity index (χ0v) is 11.7. The van der Waals surface area contributed by atoms with Crippen molar-refractivity contribution in [1.82, 2.24) is 5.32 Å². The molecule has 1 heterocycles. The summed E-state index contributed by atoms with van der Waals surface area (Å²) in [5, 5.41) is 10.7. The van der Waals surface area contributed by atoms with Gasteiger partial charge in [-0.1, -0.05) is 18.7 Å². The number of amides is 1. The fraction of sp³-hybridized carbons (Fsp3) is 0.308. The first-order valence-corrected chi connectivity index (χ1v) is 7.13. The van der Waals surface area contributed by atoms with Crippen molar-refractivity contribution in [1.29, 1.82) is 0 Å². The lowest BCUT2D eigenvalue weighted by Crippen LogP contribution is -2.19. The van der Waals surface area contributed by atoms with Crippen LogP contribution in [0.4, 0.5) is 4.39 Å². The molecule has 0 bridgehead atoms. The standard InChI is InChI=1S/C13H14FN3O2S/c1-2-5-19-11-4-3-10(14)6-9(11)7-15-17-13-16-12(18)8-20-13/h3-4,6-7H,2,5,8H2,1H3,(H,16,17,18). The molecular weight excluding hydrogens is 281 g/mol. The highest BCUT2D eigenvalue weighted by Crippen LogP contribution is 2.18. The van der Waals surface area contributed by atoms with Crippen LogP contribution in [0.2, 0.25) is 0 Å². The van der Waals surface area contributed by atoms with Gasteiger partial charge in [0.2, 0.25) is 5.91 Å². The summed E-state index contributed by atoms with van der Waals surface area (Å²) in [6, 6.07) is 4.22.